The van der Waals surface area contributed by atoms with E-state index in [-0.39, 0.29) is 23.5 Å². The van der Waals surface area contributed by atoms with E-state index in [9.17, 15) is 4.79 Å². The van der Waals surface area contributed by atoms with E-state index in [1.54, 1.807) is 7.11 Å². The summed E-state index contributed by atoms with van der Waals surface area (Å²) >= 11 is 0. The van der Waals surface area contributed by atoms with Gasteiger partial charge in [-0.2, -0.15) is 0 Å². The molecule has 1 amide bonds. The zero-order valence-electron chi connectivity index (χ0n) is 17.7. The smallest absolute Gasteiger partial charge is 0.248 e. The van der Waals surface area contributed by atoms with Crippen molar-refractivity contribution in [2.75, 3.05) is 20.2 Å². The fraction of sp³-hybridized carbons (Fsp3) is 0.458. The molecule has 0 spiro atoms. The minimum absolute atomic E-state index is 0.0919. The lowest BCUT2D eigenvalue weighted by atomic mass is 9.67. The molecule has 0 unspecified atom stereocenters. The number of amides is 1. The Labute approximate surface area is 174 Å². The molecule has 0 heterocycles. The van der Waals surface area contributed by atoms with Gasteiger partial charge in [-0.1, -0.05) is 50.2 Å². The van der Waals surface area contributed by atoms with Gasteiger partial charge in [0.15, 0.2) is 0 Å². The molecule has 3 rings (SSSR count). The molecule has 0 saturated carbocycles. The Bertz CT molecular complexity index is 820. The average Bonchev–Trinajstić information content (AvgIpc) is 2.72. The van der Waals surface area contributed by atoms with Crippen molar-refractivity contribution < 1.29 is 9.53 Å². The Hall–Kier alpha value is -2.21. The van der Waals surface area contributed by atoms with Crippen LogP contribution in [0.15, 0.2) is 48.5 Å². The molecule has 0 bridgehead atoms. The highest BCUT2D eigenvalue weighted by molar-refractivity contribution is 5.93. The summed E-state index contributed by atoms with van der Waals surface area (Å²) in [4.78, 5) is 11.6. The van der Waals surface area contributed by atoms with Crippen LogP contribution in [-0.2, 0) is 23.1 Å². The maximum absolute atomic E-state index is 11.6. The first-order valence-electron chi connectivity index (χ1n) is 10.4. The van der Waals surface area contributed by atoms with Crippen molar-refractivity contribution in [1.29, 1.82) is 0 Å². The van der Waals surface area contributed by atoms with Gasteiger partial charge >= 0.3 is 0 Å². The fourth-order valence-electron chi connectivity index (χ4n) is 4.38. The van der Waals surface area contributed by atoms with E-state index < -0.39 is 0 Å². The maximum atomic E-state index is 11.6. The van der Waals surface area contributed by atoms with Gasteiger partial charge in [-0.15, -0.1) is 0 Å². The van der Waals surface area contributed by atoms with Gasteiger partial charge in [-0.3, -0.25) is 4.79 Å². The molecule has 0 aromatic heterocycles. The Balaban J connectivity index is 1.59. The van der Waals surface area contributed by atoms with Gasteiger partial charge < -0.3 is 21.1 Å². The van der Waals surface area contributed by atoms with E-state index in [0.717, 1.165) is 32.5 Å². The minimum Gasteiger partial charge on any atom is -0.379 e. The molecule has 5 heteroatoms. The number of rotatable bonds is 9. The van der Waals surface area contributed by atoms with Crippen LogP contribution in [0.3, 0.4) is 0 Å². The molecule has 29 heavy (non-hydrogen) atoms. The molecule has 5 nitrogen and oxygen atoms in total. The van der Waals surface area contributed by atoms with Crippen LogP contribution in [0.4, 0.5) is 0 Å². The van der Waals surface area contributed by atoms with Crippen LogP contribution in [0, 0.1) is 0 Å². The van der Waals surface area contributed by atoms with Crippen molar-refractivity contribution in [3.8, 4) is 0 Å². The number of fused-ring (bicyclic) bond motifs is 1. The molecular weight excluding hydrogens is 362 g/mol. The predicted octanol–water partition coefficient (Wildman–Crippen LogP) is 2.77. The molecule has 1 aliphatic carbocycles. The van der Waals surface area contributed by atoms with E-state index >= 15 is 0 Å². The van der Waals surface area contributed by atoms with Crippen LogP contribution < -0.4 is 16.4 Å². The van der Waals surface area contributed by atoms with Crippen LogP contribution in [-0.4, -0.2) is 38.3 Å². The van der Waals surface area contributed by atoms with Crippen molar-refractivity contribution in [3.63, 3.8) is 0 Å². The molecule has 4 N–H and O–H groups in total. The molecule has 2 atom stereocenters. The molecule has 1 aliphatic rings. The topological polar surface area (TPSA) is 76.4 Å². The van der Waals surface area contributed by atoms with E-state index in [2.05, 4.69) is 48.7 Å². The van der Waals surface area contributed by atoms with E-state index in [0.29, 0.717) is 5.56 Å². The number of ether oxygens (including phenoxy) is 1. The predicted molar refractivity (Wildman–Crippen MR) is 117 cm³/mol. The van der Waals surface area contributed by atoms with Gasteiger partial charge in [0.25, 0.3) is 0 Å². The summed E-state index contributed by atoms with van der Waals surface area (Å²) < 4.78 is 5.84. The third-order valence-corrected chi connectivity index (χ3v) is 6.03. The summed E-state index contributed by atoms with van der Waals surface area (Å²) in [7, 11) is 1.78. The number of nitrogens with two attached hydrogens (primary N) is 1. The zero-order valence-corrected chi connectivity index (χ0v) is 17.7. The number of nitrogens with one attached hydrogen (secondary N) is 2. The molecule has 156 valence electrons. The summed E-state index contributed by atoms with van der Waals surface area (Å²) in [5.74, 6) is -0.383. The number of benzene rings is 2. The number of carbonyl (C=O) groups is 1. The summed E-state index contributed by atoms with van der Waals surface area (Å²) in [6.45, 7) is 7.18. The summed E-state index contributed by atoms with van der Waals surface area (Å²) in [5.41, 5.74) is 9.62. The summed E-state index contributed by atoms with van der Waals surface area (Å²) in [6, 6.07) is 16.4. The second-order valence-corrected chi connectivity index (χ2v) is 8.38. The third kappa shape index (κ3) is 5.04. The lowest BCUT2D eigenvalue weighted by Crippen LogP contribution is -2.57. The zero-order chi connectivity index (χ0) is 20.9. The van der Waals surface area contributed by atoms with E-state index in [1.165, 1.54) is 16.7 Å². The minimum atomic E-state index is -0.383. The van der Waals surface area contributed by atoms with Gasteiger partial charge in [-0.05, 0) is 48.3 Å². The van der Waals surface area contributed by atoms with Crippen LogP contribution in [0.25, 0.3) is 0 Å². The standard InChI is InChI=1S/C24H33N3O2/c1-24(2)20-14-19(23(25)28)11-10-18(20)15-21(29-3)22(24)27-13-7-12-26-16-17-8-5-4-6-9-17/h4-6,8-11,14,21-22,26-27H,7,12-13,15-16H2,1-3H3,(H2,25,28)/t21-,22+/m1/s1. The van der Waals surface area contributed by atoms with Gasteiger partial charge in [0, 0.05) is 37.1 Å². The van der Waals surface area contributed by atoms with Crippen molar-refractivity contribution >= 4 is 5.91 Å². The largest absolute Gasteiger partial charge is 0.379 e. The number of methoxy groups -OCH3 is 1. The number of primary amides is 1. The highest BCUT2D eigenvalue weighted by atomic mass is 16.5. The first kappa shape index (κ1) is 21.5. The lowest BCUT2D eigenvalue weighted by molar-refractivity contribution is 0.0356. The number of hydrogen-bond donors (Lipinski definition) is 3. The monoisotopic (exact) mass is 395 g/mol. The quantitative estimate of drug-likeness (QED) is 0.571. The first-order chi connectivity index (χ1) is 13.9. The maximum Gasteiger partial charge on any atom is 0.248 e. The van der Waals surface area contributed by atoms with Gasteiger partial charge in [-0.25, -0.2) is 0 Å². The Kier molecular flexibility index (Phi) is 7.06. The molecule has 0 aliphatic heterocycles. The molecular formula is C24H33N3O2. The van der Waals surface area contributed by atoms with Crippen LogP contribution in [0.5, 0.6) is 0 Å². The van der Waals surface area contributed by atoms with Crippen molar-refractivity contribution in [2.24, 2.45) is 5.73 Å². The number of hydrogen-bond acceptors (Lipinski definition) is 4. The van der Waals surface area contributed by atoms with Gasteiger partial charge in [0.05, 0.1) is 6.10 Å². The summed E-state index contributed by atoms with van der Waals surface area (Å²) in [5, 5.41) is 7.22. The second kappa shape index (κ2) is 9.53. The van der Waals surface area contributed by atoms with Crippen LogP contribution in [0.1, 0.15) is 47.3 Å². The SMILES string of the molecule is CO[C@@H]1Cc2ccc(C(N)=O)cc2C(C)(C)[C@H]1NCCCNCc1ccccc1. The summed E-state index contributed by atoms with van der Waals surface area (Å²) in [6.07, 6.45) is 1.96. The number of carbonyl (C=O) groups excluding carboxylic acids is 1. The molecule has 0 radical (unpaired) electrons. The Morgan fingerprint density at radius 3 is 2.62 bits per heavy atom. The van der Waals surface area contributed by atoms with Crippen LogP contribution in [0.2, 0.25) is 0 Å². The molecule has 2 aromatic rings. The van der Waals surface area contributed by atoms with E-state index in [4.69, 9.17) is 10.5 Å². The normalized spacial score (nSPS) is 20.2. The van der Waals surface area contributed by atoms with Crippen molar-refractivity contribution in [3.05, 3.63) is 70.8 Å². The highest BCUT2D eigenvalue weighted by Crippen LogP contribution is 2.38. The van der Waals surface area contributed by atoms with Crippen molar-refractivity contribution in [1.82, 2.24) is 10.6 Å². The second-order valence-electron chi connectivity index (χ2n) is 8.38. The molecule has 0 fully saturated rings. The fourth-order valence-corrected chi connectivity index (χ4v) is 4.38. The lowest BCUT2D eigenvalue weighted by Gasteiger charge is -2.45. The molecule has 0 saturated heterocycles. The Morgan fingerprint density at radius 1 is 1.17 bits per heavy atom. The van der Waals surface area contributed by atoms with E-state index in [1.807, 2.05) is 24.3 Å². The average molecular weight is 396 g/mol. The van der Waals surface area contributed by atoms with Gasteiger partial charge in [0.1, 0.15) is 0 Å². The molecule has 2 aromatic carbocycles. The highest BCUT2D eigenvalue weighted by Gasteiger charge is 2.42. The Morgan fingerprint density at radius 2 is 1.93 bits per heavy atom. The van der Waals surface area contributed by atoms with Gasteiger partial charge in [0.2, 0.25) is 5.91 Å². The first-order valence-corrected chi connectivity index (χ1v) is 10.4. The van der Waals surface area contributed by atoms with Crippen LogP contribution >= 0.6 is 0 Å². The van der Waals surface area contributed by atoms with Crippen molar-refractivity contribution in [2.45, 2.75) is 50.8 Å². The third-order valence-electron chi connectivity index (χ3n) is 6.03.